The zero-order chi connectivity index (χ0) is 13.7. The first kappa shape index (κ1) is 13.0. The molecule has 2 rings (SSSR count). The van der Waals surface area contributed by atoms with E-state index in [0.29, 0.717) is 5.82 Å². The average Bonchev–Trinajstić information content (AvgIpc) is 2.46. The summed E-state index contributed by atoms with van der Waals surface area (Å²) in [6.07, 6.45) is -0.670. The Balaban J connectivity index is 1.99. The maximum absolute atomic E-state index is 10.8. The fraction of sp³-hybridized carbons (Fsp3) is 0.143. The molecule has 19 heavy (non-hydrogen) atoms. The first-order valence-electron chi connectivity index (χ1n) is 5.84. The quantitative estimate of drug-likeness (QED) is 0.763. The van der Waals surface area contributed by atoms with Crippen molar-refractivity contribution in [2.75, 3.05) is 11.9 Å². The number of pyridine rings is 1. The van der Waals surface area contributed by atoms with Crippen LogP contribution in [-0.4, -0.2) is 27.7 Å². The molecule has 1 heterocycles. The molecule has 0 aliphatic carbocycles. The molecule has 0 radical (unpaired) electrons. The summed E-state index contributed by atoms with van der Waals surface area (Å²) >= 11 is 0. The van der Waals surface area contributed by atoms with Gasteiger partial charge in [-0.15, -0.1) is 0 Å². The maximum Gasteiger partial charge on any atom is 0.354 e. The zero-order valence-electron chi connectivity index (χ0n) is 10.2. The van der Waals surface area contributed by atoms with E-state index in [1.54, 1.807) is 12.1 Å². The molecule has 98 valence electrons. The lowest BCUT2D eigenvalue weighted by Crippen LogP contribution is -2.13. The third-order valence-corrected chi connectivity index (χ3v) is 2.63. The smallest absolute Gasteiger partial charge is 0.354 e. The molecule has 0 aliphatic heterocycles. The predicted octanol–water partition coefficient (Wildman–Crippen LogP) is 1.93. The van der Waals surface area contributed by atoms with Crippen molar-refractivity contribution in [2.45, 2.75) is 6.10 Å². The lowest BCUT2D eigenvalue weighted by atomic mass is 10.1. The molecule has 0 amide bonds. The number of benzene rings is 1. The summed E-state index contributed by atoms with van der Waals surface area (Å²) in [5.41, 5.74) is 0.767. The predicted molar refractivity (Wildman–Crippen MR) is 71.1 cm³/mol. The van der Waals surface area contributed by atoms with Crippen molar-refractivity contribution >= 4 is 11.8 Å². The summed E-state index contributed by atoms with van der Waals surface area (Å²) in [6, 6.07) is 13.9. The van der Waals surface area contributed by atoms with E-state index >= 15 is 0 Å². The fourth-order valence-corrected chi connectivity index (χ4v) is 1.65. The van der Waals surface area contributed by atoms with Crippen LogP contribution >= 0.6 is 0 Å². The summed E-state index contributed by atoms with van der Waals surface area (Å²) in [4.78, 5) is 14.7. The number of hydrogen-bond donors (Lipinski definition) is 3. The van der Waals surface area contributed by atoms with E-state index in [1.807, 2.05) is 30.3 Å². The summed E-state index contributed by atoms with van der Waals surface area (Å²) in [7, 11) is 0. The number of carbonyl (C=O) groups is 1. The number of nitrogens with one attached hydrogen (secondary N) is 1. The Morgan fingerprint density at radius 1 is 1.16 bits per heavy atom. The molecular weight excluding hydrogens is 244 g/mol. The van der Waals surface area contributed by atoms with Crippen molar-refractivity contribution in [1.82, 2.24) is 4.98 Å². The molecule has 0 saturated heterocycles. The number of carboxylic acids is 1. The topological polar surface area (TPSA) is 82.5 Å². The number of nitrogens with zero attached hydrogens (tertiary/aromatic N) is 1. The van der Waals surface area contributed by atoms with Gasteiger partial charge in [0, 0.05) is 6.54 Å². The summed E-state index contributed by atoms with van der Waals surface area (Å²) in [6.45, 7) is 0.264. The normalized spacial score (nSPS) is 11.8. The highest BCUT2D eigenvalue weighted by atomic mass is 16.4. The summed E-state index contributed by atoms with van der Waals surface area (Å²) in [5.74, 6) is -0.651. The molecule has 1 aromatic heterocycles. The van der Waals surface area contributed by atoms with Crippen LogP contribution in [-0.2, 0) is 0 Å². The van der Waals surface area contributed by atoms with E-state index in [9.17, 15) is 9.90 Å². The molecular formula is C14H14N2O3. The third-order valence-electron chi connectivity index (χ3n) is 2.63. The SMILES string of the molecule is O=C(O)c1cccc(NCC(O)c2ccccc2)n1. The van der Waals surface area contributed by atoms with Crippen molar-refractivity contribution < 1.29 is 15.0 Å². The first-order chi connectivity index (χ1) is 9.16. The minimum Gasteiger partial charge on any atom is -0.477 e. The van der Waals surface area contributed by atoms with Gasteiger partial charge in [0.05, 0.1) is 6.10 Å². The lowest BCUT2D eigenvalue weighted by molar-refractivity contribution is 0.0690. The molecule has 1 atom stereocenters. The van der Waals surface area contributed by atoms with Gasteiger partial charge in [-0.05, 0) is 17.7 Å². The summed E-state index contributed by atoms with van der Waals surface area (Å²) in [5, 5.41) is 21.7. The van der Waals surface area contributed by atoms with Gasteiger partial charge in [-0.25, -0.2) is 9.78 Å². The number of aliphatic hydroxyl groups is 1. The highest BCUT2D eigenvalue weighted by Gasteiger charge is 2.08. The molecule has 1 unspecified atom stereocenters. The van der Waals surface area contributed by atoms with Crippen molar-refractivity contribution in [1.29, 1.82) is 0 Å². The number of rotatable bonds is 5. The van der Waals surface area contributed by atoms with Gasteiger partial charge in [0.1, 0.15) is 5.82 Å². The number of carboxylic acid groups (broad SMARTS) is 1. The molecule has 0 saturated carbocycles. The number of aliphatic hydroxyl groups excluding tert-OH is 1. The van der Waals surface area contributed by atoms with Gasteiger partial charge in [-0.1, -0.05) is 36.4 Å². The molecule has 1 aromatic carbocycles. The second-order valence-electron chi connectivity index (χ2n) is 4.02. The first-order valence-corrected chi connectivity index (χ1v) is 5.84. The second-order valence-corrected chi connectivity index (χ2v) is 4.02. The minimum atomic E-state index is -1.08. The maximum atomic E-state index is 10.8. The molecule has 5 heteroatoms. The van der Waals surface area contributed by atoms with Crippen molar-refractivity contribution in [3.05, 3.63) is 59.8 Å². The molecule has 0 fully saturated rings. The number of hydrogen-bond acceptors (Lipinski definition) is 4. The van der Waals surface area contributed by atoms with Crippen LogP contribution in [0.4, 0.5) is 5.82 Å². The Hall–Kier alpha value is -2.40. The Morgan fingerprint density at radius 2 is 1.89 bits per heavy atom. The van der Waals surface area contributed by atoms with Gasteiger partial charge >= 0.3 is 5.97 Å². The van der Waals surface area contributed by atoms with E-state index in [1.165, 1.54) is 6.07 Å². The average molecular weight is 258 g/mol. The second kappa shape index (κ2) is 5.97. The summed E-state index contributed by atoms with van der Waals surface area (Å²) < 4.78 is 0. The number of aromatic nitrogens is 1. The highest BCUT2D eigenvalue weighted by molar-refractivity contribution is 5.85. The van der Waals surface area contributed by atoms with Gasteiger partial charge in [0.25, 0.3) is 0 Å². The van der Waals surface area contributed by atoms with E-state index in [2.05, 4.69) is 10.3 Å². The van der Waals surface area contributed by atoms with E-state index in [-0.39, 0.29) is 12.2 Å². The Bertz CT molecular complexity index is 558. The minimum absolute atomic E-state index is 0.0285. The molecule has 0 spiro atoms. The van der Waals surface area contributed by atoms with Crippen LogP contribution in [0.15, 0.2) is 48.5 Å². The highest BCUT2D eigenvalue weighted by Crippen LogP contribution is 2.13. The van der Waals surface area contributed by atoms with E-state index in [0.717, 1.165) is 5.56 Å². The van der Waals surface area contributed by atoms with Gasteiger partial charge in [0.2, 0.25) is 0 Å². The van der Waals surface area contributed by atoms with Crippen molar-refractivity contribution in [2.24, 2.45) is 0 Å². The molecule has 3 N–H and O–H groups in total. The Labute approximate surface area is 110 Å². The van der Waals surface area contributed by atoms with Crippen LogP contribution in [0.3, 0.4) is 0 Å². The van der Waals surface area contributed by atoms with E-state index in [4.69, 9.17) is 5.11 Å². The molecule has 0 bridgehead atoms. The molecule has 0 aliphatic rings. The standard InChI is InChI=1S/C14H14N2O3/c17-12(10-5-2-1-3-6-10)9-15-13-8-4-7-11(16-13)14(18)19/h1-8,12,17H,9H2,(H,15,16)(H,18,19). The van der Waals surface area contributed by atoms with Crippen LogP contribution in [0.25, 0.3) is 0 Å². The Kier molecular flexibility index (Phi) is 4.10. The van der Waals surface area contributed by atoms with Crippen LogP contribution < -0.4 is 5.32 Å². The van der Waals surface area contributed by atoms with Crippen LogP contribution in [0.5, 0.6) is 0 Å². The van der Waals surface area contributed by atoms with Crippen LogP contribution in [0, 0.1) is 0 Å². The lowest BCUT2D eigenvalue weighted by Gasteiger charge is -2.12. The van der Waals surface area contributed by atoms with Crippen LogP contribution in [0.1, 0.15) is 22.2 Å². The van der Waals surface area contributed by atoms with Crippen molar-refractivity contribution in [3.63, 3.8) is 0 Å². The van der Waals surface area contributed by atoms with Gasteiger partial charge in [-0.2, -0.15) is 0 Å². The van der Waals surface area contributed by atoms with E-state index < -0.39 is 12.1 Å². The van der Waals surface area contributed by atoms with Gasteiger partial charge in [0.15, 0.2) is 5.69 Å². The monoisotopic (exact) mass is 258 g/mol. The largest absolute Gasteiger partial charge is 0.477 e. The third kappa shape index (κ3) is 3.53. The number of anilines is 1. The fourth-order valence-electron chi connectivity index (χ4n) is 1.65. The van der Waals surface area contributed by atoms with Crippen LogP contribution in [0.2, 0.25) is 0 Å². The molecule has 2 aromatic rings. The zero-order valence-corrected chi connectivity index (χ0v) is 10.2. The van der Waals surface area contributed by atoms with Gasteiger partial charge < -0.3 is 15.5 Å². The van der Waals surface area contributed by atoms with Gasteiger partial charge in [-0.3, -0.25) is 0 Å². The Morgan fingerprint density at radius 3 is 2.58 bits per heavy atom. The number of aromatic carboxylic acids is 1. The van der Waals surface area contributed by atoms with Crippen molar-refractivity contribution in [3.8, 4) is 0 Å². The molecule has 5 nitrogen and oxygen atoms in total.